The van der Waals surface area contributed by atoms with Gasteiger partial charge < -0.3 is 10.2 Å². The van der Waals surface area contributed by atoms with Gasteiger partial charge in [-0.1, -0.05) is 76.6 Å². The standard InChI is InChI=1S/C24H34O2/c1-3-5-7-9-11-19-13-15-21(23(25)17-19)22-16-14-20(18-24(22)26)12-10-8-6-4-2/h13-18,25-26H,3-12H2,1-2H3. The van der Waals surface area contributed by atoms with Gasteiger partial charge in [0.05, 0.1) is 0 Å². The van der Waals surface area contributed by atoms with E-state index in [9.17, 15) is 10.2 Å². The van der Waals surface area contributed by atoms with Crippen LogP contribution in [0.2, 0.25) is 0 Å². The minimum atomic E-state index is 0.254. The van der Waals surface area contributed by atoms with Crippen LogP contribution >= 0.6 is 0 Å². The van der Waals surface area contributed by atoms with E-state index in [0.717, 1.165) is 36.8 Å². The monoisotopic (exact) mass is 354 g/mol. The van der Waals surface area contributed by atoms with Gasteiger partial charge in [0.2, 0.25) is 0 Å². The van der Waals surface area contributed by atoms with Crippen LogP contribution in [0.25, 0.3) is 11.1 Å². The van der Waals surface area contributed by atoms with Crippen molar-refractivity contribution in [2.75, 3.05) is 0 Å². The fourth-order valence-corrected chi connectivity index (χ4v) is 3.43. The lowest BCUT2D eigenvalue weighted by molar-refractivity contribution is 0.468. The predicted octanol–water partition coefficient (Wildman–Crippen LogP) is 7.01. The van der Waals surface area contributed by atoms with Gasteiger partial charge in [-0.05, 0) is 48.9 Å². The number of hydrogen-bond donors (Lipinski definition) is 2. The molecule has 0 atom stereocenters. The topological polar surface area (TPSA) is 40.5 Å². The maximum absolute atomic E-state index is 10.4. The fourth-order valence-electron chi connectivity index (χ4n) is 3.43. The van der Waals surface area contributed by atoms with Gasteiger partial charge in [-0.15, -0.1) is 0 Å². The molecule has 0 aliphatic carbocycles. The van der Waals surface area contributed by atoms with Crippen molar-refractivity contribution in [1.82, 2.24) is 0 Å². The van der Waals surface area contributed by atoms with Crippen molar-refractivity contribution in [3.8, 4) is 22.6 Å². The zero-order chi connectivity index (χ0) is 18.8. The highest BCUT2D eigenvalue weighted by atomic mass is 16.3. The minimum absolute atomic E-state index is 0.254. The summed E-state index contributed by atoms with van der Waals surface area (Å²) in [5.74, 6) is 0.507. The van der Waals surface area contributed by atoms with Gasteiger partial charge in [-0.3, -0.25) is 0 Å². The Morgan fingerprint density at radius 3 is 1.35 bits per heavy atom. The van der Waals surface area contributed by atoms with E-state index in [1.165, 1.54) is 38.5 Å². The summed E-state index contributed by atoms with van der Waals surface area (Å²) in [6.07, 6.45) is 11.8. The Bertz CT molecular complexity index is 616. The number of aromatic hydroxyl groups is 2. The van der Waals surface area contributed by atoms with Crippen molar-refractivity contribution < 1.29 is 10.2 Å². The van der Waals surface area contributed by atoms with Gasteiger partial charge in [0.25, 0.3) is 0 Å². The lowest BCUT2D eigenvalue weighted by Gasteiger charge is -2.11. The van der Waals surface area contributed by atoms with Gasteiger partial charge >= 0.3 is 0 Å². The van der Waals surface area contributed by atoms with Crippen LogP contribution in [0.1, 0.15) is 76.3 Å². The highest BCUT2D eigenvalue weighted by Crippen LogP contribution is 2.36. The molecule has 0 radical (unpaired) electrons. The summed E-state index contributed by atoms with van der Waals surface area (Å²) < 4.78 is 0. The molecule has 0 bridgehead atoms. The summed E-state index contributed by atoms with van der Waals surface area (Å²) in [5.41, 5.74) is 3.73. The number of unbranched alkanes of at least 4 members (excludes halogenated alkanes) is 6. The maximum Gasteiger partial charge on any atom is 0.123 e. The SMILES string of the molecule is CCCCCCc1ccc(-c2ccc(CCCCCC)cc2O)c(O)c1. The zero-order valence-electron chi connectivity index (χ0n) is 16.4. The average molecular weight is 355 g/mol. The largest absolute Gasteiger partial charge is 0.507 e. The number of phenols is 2. The van der Waals surface area contributed by atoms with Crippen molar-refractivity contribution in [3.63, 3.8) is 0 Å². The summed E-state index contributed by atoms with van der Waals surface area (Å²) in [5, 5.41) is 20.9. The number of phenolic OH excluding ortho intramolecular Hbond substituents is 2. The Balaban J connectivity index is 2.03. The van der Waals surface area contributed by atoms with Crippen LogP contribution in [0, 0.1) is 0 Å². The Kier molecular flexibility index (Phi) is 8.53. The molecule has 0 saturated heterocycles. The van der Waals surface area contributed by atoms with Crippen molar-refractivity contribution in [2.45, 2.75) is 78.1 Å². The third-order valence-electron chi connectivity index (χ3n) is 5.05. The molecular weight excluding hydrogens is 320 g/mol. The molecule has 0 fully saturated rings. The van der Waals surface area contributed by atoms with Gasteiger partial charge in [0.1, 0.15) is 11.5 Å². The number of aryl methyl sites for hydroxylation is 2. The molecule has 2 heteroatoms. The van der Waals surface area contributed by atoms with E-state index in [1.807, 2.05) is 24.3 Å². The molecule has 0 aliphatic heterocycles. The predicted molar refractivity (Wildman–Crippen MR) is 111 cm³/mol. The second-order valence-electron chi connectivity index (χ2n) is 7.32. The third-order valence-corrected chi connectivity index (χ3v) is 5.05. The normalized spacial score (nSPS) is 11.0. The second kappa shape index (κ2) is 10.9. The lowest BCUT2D eigenvalue weighted by Crippen LogP contribution is -1.90. The van der Waals surface area contributed by atoms with Crippen LogP contribution in [-0.4, -0.2) is 10.2 Å². The van der Waals surface area contributed by atoms with E-state index in [1.54, 1.807) is 0 Å². The van der Waals surface area contributed by atoms with Gasteiger partial charge in [0, 0.05) is 11.1 Å². The molecule has 0 aliphatic rings. The summed E-state index contributed by atoms with van der Waals surface area (Å²) in [6.45, 7) is 4.42. The van der Waals surface area contributed by atoms with E-state index < -0.39 is 0 Å². The first-order valence-corrected chi connectivity index (χ1v) is 10.3. The lowest BCUT2D eigenvalue weighted by atomic mass is 9.97. The van der Waals surface area contributed by atoms with Crippen LogP contribution in [0.3, 0.4) is 0 Å². The summed E-state index contributed by atoms with van der Waals surface area (Å²) in [4.78, 5) is 0. The molecule has 0 spiro atoms. The molecule has 2 aromatic carbocycles. The molecule has 0 amide bonds. The van der Waals surface area contributed by atoms with Gasteiger partial charge in [-0.2, -0.15) is 0 Å². The molecule has 2 N–H and O–H groups in total. The quantitative estimate of drug-likeness (QED) is 0.426. The Labute approximate surface area is 158 Å². The Hall–Kier alpha value is -1.96. The molecule has 2 rings (SSSR count). The molecule has 0 aromatic heterocycles. The minimum Gasteiger partial charge on any atom is -0.507 e. The first-order chi connectivity index (χ1) is 12.7. The molecule has 2 nitrogen and oxygen atoms in total. The van der Waals surface area contributed by atoms with Crippen LogP contribution in [0.15, 0.2) is 36.4 Å². The smallest absolute Gasteiger partial charge is 0.123 e. The number of benzene rings is 2. The highest BCUT2D eigenvalue weighted by Gasteiger charge is 2.10. The van der Waals surface area contributed by atoms with Crippen LogP contribution in [0.5, 0.6) is 11.5 Å². The maximum atomic E-state index is 10.4. The van der Waals surface area contributed by atoms with Crippen molar-refractivity contribution in [3.05, 3.63) is 47.5 Å². The first-order valence-electron chi connectivity index (χ1n) is 10.3. The second-order valence-corrected chi connectivity index (χ2v) is 7.32. The fraction of sp³-hybridized carbons (Fsp3) is 0.500. The van der Waals surface area contributed by atoms with Crippen LogP contribution in [0.4, 0.5) is 0 Å². The summed E-state index contributed by atoms with van der Waals surface area (Å²) in [6, 6.07) is 11.7. The Morgan fingerprint density at radius 1 is 0.577 bits per heavy atom. The molecule has 2 aromatic rings. The van der Waals surface area contributed by atoms with E-state index in [-0.39, 0.29) is 11.5 Å². The third kappa shape index (κ3) is 6.09. The van der Waals surface area contributed by atoms with Crippen LogP contribution in [-0.2, 0) is 12.8 Å². The van der Waals surface area contributed by atoms with Gasteiger partial charge in [-0.25, -0.2) is 0 Å². The molecular formula is C24H34O2. The van der Waals surface area contributed by atoms with E-state index in [0.29, 0.717) is 11.1 Å². The zero-order valence-corrected chi connectivity index (χ0v) is 16.4. The summed E-state index contributed by atoms with van der Waals surface area (Å²) in [7, 11) is 0. The molecule has 142 valence electrons. The Morgan fingerprint density at radius 2 is 1.00 bits per heavy atom. The van der Waals surface area contributed by atoms with Crippen molar-refractivity contribution in [2.24, 2.45) is 0 Å². The van der Waals surface area contributed by atoms with E-state index >= 15 is 0 Å². The summed E-state index contributed by atoms with van der Waals surface area (Å²) >= 11 is 0. The molecule has 0 saturated carbocycles. The van der Waals surface area contributed by atoms with Crippen molar-refractivity contribution in [1.29, 1.82) is 0 Å². The van der Waals surface area contributed by atoms with E-state index in [2.05, 4.69) is 26.0 Å². The molecule has 0 unspecified atom stereocenters. The average Bonchev–Trinajstić information content (AvgIpc) is 2.63. The number of rotatable bonds is 11. The first kappa shape index (κ1) is 20.4. The van der Waals surface area contributed by atoms with Crippen molar-refractivity contribution >= 4 is 0 Å². The number of hydrogen-bond acceptors (Lipinski definition) is 2. The van der Waals surface area contributed by atoms with Gasteiger partial charge in [0.15, 0.2) is 0 Å². The molecule has 26 heavy (non-hydrogen) atoms. The highest BCUT2D eigenvalue weighted by molar-refractivity contribution is 5.75. The van der Waals surface area contributed by atoms with E-state index in [4.69, 9.17) is 0 Å². The van der Waals surface area contributed by atoms with Crippen LogP contribution < -0.4 is 0 Å². The molecule has 0 heterocycles.